The highest BCUT2D eigenvalue weighted by molar-refractivity contribution is 5.92. The highest BCUT2D eigenvalue weighted by Crippen LogP contribution is 2.28. The summed E-state index contributed by atoms with van der Waals surface area (Å²) in [5.74, 6) is 0. The van der Waals surface area contributed by atoms with Gasteiger partial charge in [0.05, 0.1) is 0 Å². The molecule has 1 aromatic heterocycles. The minimum atomic E-state index is 0.781. The average Bonchev–Trinajstić information content (AvgIpc) is 2.42. The van der Waals surface area contributed by atoms with E-state index in [0.717, 1.165) is 33.8 Å². The molecule has 0 saturated carbocycles. The Hall–Kier alpha value is -1.38. The molecule has 0 unspecified atom stereocenters. The molecule has 2 rings (SSSR count). The molecule has 0 aliphatic carbocycles. The summed E-state index contributed by atoms with van der Waals surface area (Å²) in [4.78, 5) is 4.31. The number of nitrogens with zero attached hydrogens (tertiary/aromatic N) is 2. The summed E-state index contributed by atoms with van der Waals surface area (Å²) < 4.78 is 0.899. The first-order valence-electron chi connectivity index (χ1n) is 4.36. The van der Waals surface area contributed by atoms with Crippen molar-refractivity contribution in [3.05, 3.63) is 28.2 Å². The van der Waals surface area contributed by atoms with Gasteiger partial charge < -0.3 is 5.21 Å². The van der Waals surface area contributed by atoms with Gasteiger partial charge in [0.25, 0.3) is 0 Å². The van der Waals surface area contributed by atoms with Gasteiger partial charge in [-0.05, 0) is 19.4 Å². The molecular weight excluding hydrogens is 164 g/mol. The topological polar surface area (TPSA) is 39.3 Å². The van der Waals surface area contributed by atoms with Crippen molar-refractivity contribution < 1.29 is 4.73 Å². The fraction of sp³-hybridized carbons (Fsp3) is 0.400. The second kappa shape index (κ2) is 2.55. The minimum absolute atomic E-state index is 0.781. The van der Waals surface area contributed by atoms with Gasteiger partial charge in [-0.2, -0.15) is 4.73 Å². The molecule has 0 spiro atoms. The fourth-order valence-corrected chi connectivity index (χ4v) is 1.68. The first kappa shape index (κ1) is 8.23. The molecule has 0 aromatic carbocycles. The van der Waals surface area contributed by atoms with Gasteiger partial charge in [-0.25, -0.2) is 0 Å². The van der Waals surface area contributed by atoms with E-state index >= 15 is 0 Å². The monoisotopic (exact) mass is 176 g/mol. The lowest BCUT2D eigenvalue weighted by molar-refractivity contribution is -0.612. The molecule has 0 bridgehead atoms. The summed E-state index contributed by atoms with van der Waals surface area (Å²) >= 11 is 0. The first-order valence-corrected chi connectivity index (χ1v) is 4.36. The summed E-state index contributed by atoms with van der Waals surface area (Å²) in [5.41, 5.74) is 5.00. The van der Waals surface area contributed by atoms with Crippen LogP contribution in [0, 0.1) is 19.1 Å². The van der Waals surface area contributed by atoms with E-state index in [1.165, 1.54) is 5.56 Å². The van der Waals surface area contributed by atoms with Crippen LogP contribution in [0.2, 0.25) is 0 Å². The summed E-state index contributed by atoms with van der Waals surface area (Å²) in [6, 6.07) is 0. The van der Waals surface area contributed by atoms with Crippen LogP contribution < -0.4 is 4.73 Å². The maximum absolute atomic E-state index is 11.4. The van der Waals surface area contributed by atoms with Gasteiger partial charge in [-0.15, -0.1) is 0 Å². The Bertz CT molecular complexity index is 408. The number of aliphatic imine (C=N–C) groups is 1. The van der Waals surface area contributed by atoms with Gasteiger partial charge in [0, 0.05) is 24.6 Å². The third-order valence-electron chi connectivity index (χ3n) is 2.62. The molecule has 68 valence electrons. The molecule has 0 saturated heterocycles. The van der Waals surface area contributed by atoms with E-state index in [-0.39, 0.29) is 0 Å². The Kier molecular flexibility index (Phi) is 1.62. The Morgan fingerprint density at radius 2 is 2.08 bits per heavy atom. The Labute approximate surface area is 77.3 Å². The fourth-order valence-electron chi connectivity index (χ4n) is 1.68. The SMILES string of the molecule is CC1=Nc2c[n+]([O-])c(C)c(C)c2C1. The summed E-state index contributed by atoms with van der Waals surface area (Å²) in [6.45, 7) is 5.82. The number of fused-ring (bicyclic) bond motifs is 1. The van der Waals surface area contributed by atoms with Crippen LogP contribution in [0.15, 0.2) is 11.2 Å². The smallest absolute Gasteiger partial charge is 0.206 e. The van der Waals surface area contributed by atoms with Crippen molar-refractivity contribution in [2.24, 2.45) is 4.99 Å². The van der Waals surface area contributed by atoms with E-state index in [4.69, 9.17) is 0 Å². The van der Waals surface area contributed by atoms with Gasteiger partial charge in [0.15, 0.2) is 5.69 Å². The molecule has 2 heterocycles. The zero-order valence-corrected chi connectivity index (χ0v) is 8.09. The lowest BCUT2D eigenvalue weighted by Crippen LogP contribution is -2.30. The van der Waals surface area contributed by atoms with Crippen molar-refractivity contribution in [1.82, 2.24) is 0 Å². The summed E-state index contributed by atoms with van der Waals surface area (Å²) in [7, 11) is 0. The van der Waals surface area contributed by atoms with Crippen LogP contribution in [-0.2, 0) is 6.42 Å². The molecule has 0 fully saturated rings. The number of rotatable bonds is 0. The van der Waals surface area contributed by atoms with Crippen LogP contribution in [-0.4, -0.2) is 5.71 Å². The van der Waals surface area contributed by atoms with Crippen LogP contribution in [0.3, 0.4) is 0 Å². The van der Waals surface area contributed by atoms with Crippen molar-refractivity contribution in [2.75, 3.05) is 0 Å². The van der Waals surface area contributed by atoms with Crippen LogP contribution in [0.1, 0.15) is 23.7 Å². The number of hydrogen-bond donors (Lipinski definition) is 0. The molecule has 1 aliphatic rings. The van der Waals surface area contributed by atoms with E-state index in [0.29, 0.717) is 0 Å². The van der Waals surface area contributed by atoms with Gasteiger partial charge in [-0.3, -0.25) is 4.99 Å². The number of hydrogen-bond acceptors (Lipinski definition) is 2. The standard InChI is InChI=1S/C10H12N2O/c1-6-4-9-7(2)8(3)12(13)5-10(9)11-6/h5H,4H2,1-3H3. The third-order valence-corrected chi connectivity index (χ3v) is 2.62. The first-order chi connectivity index (χ1) is 6.09. The highest BCUT2D eigenvalue weighted by atomic mass is 16.5. The number of pyridine rings is 1. The summed E-state index contributed by atoms with van der Waals surface area (Å²) in [5, 5.41) is 11.4. The van der Waals surface area contributed by atoms with Crippen molar-refractivity contribution in [3.63, 3.8) is 0 Å². The molecule has 1 aliphatic heterocycles. The van der Waals surface area contributed by atoms with Crippen molar-refractivity contribution in [1.29, 1.82) is 0 Å². The Morgan fingerprint density at radius 1 is 1.38 bits per heavy atom. The molecular formula is C10H12N2O. The van der Waals surface area contributed by atoms with Crippen molar-refractivity contribution in [2.45, 2.75) is 27.2 Å². The number of aromatic nitrogens is 1. The molecule has 0 N–H and O–H groups in total. The van der Waals surface area contributed by atoms with Gasteiger partial charge in [0.2, 0.25) is 6.20 Å². The zero-order chi connectivity index (χ0) is 9.59. The van der Waals surface area contributed by atoms with Crippen LogP contribution >= 0.6 is 0 Å². The Balaban J connectivity index is 2.67. The lowest BCUT2D eigenvalue weighted by Gasteiger charge is -2.06. The highest BCUT2D eigenvalue weighted by Gasteiger charge is 2.20. The van der Waals surface area contributed by atoms with E-state index in [1.54, 1.807) is 6.20 Å². The maximum atomic E-state index is 11.4. The van der Waals surface area contributed by atoms with E-state index in [9.17, 15) is 5.21 Å². The second-order valence-electron chi connectivity index (χ2n) is 3.55. The third kappa shape index (κ3) is 1.11. The van der Waals surface area contributed by atoms with E-state index in [2.05, 4.69) is 4.99 Å². The quantitative estimate of drug-likeness (QED) is 0.437. The molecule has 3 nitrogen and oxygen atoms in total. The van der Waals surface area contributed by atoms with Crippen molar-refractivity contribution >= 4 is 11.4 Å². The minimum Gasteiger partial charge on any atom is -0.618 e. The average molecular weight is 176 g/mol. The van der Waals surface area contributed by atoms with Crippen LogP contribution in [0.5, 0.6) is 0 Å². The zero-order valence-electron chi connectivity index (χ0n) is 8.09. The second-order valence-corrected chi connectivity index (χ2v) is 3.55. The van der Waals surface area contributed by atoms with E-state index in [1.807, 2.05) is 20.8 Å². The van der Waals surface area contributed by atoms with Gasteiger partial charge in [0.1, 0.15) is 5.69 Å². The molecule has 13 heavy (non-hydrogen) atoms. The van der Waals surface area contributed by atoms with Gasteiger partial charge >= 0.3 is 0 Å². The lowest BCUT2D eigenvalue weighted by atomic mass is 10.0. The Morgan fingerprint density at radius 3 is 2.77 bits per heavy atom. The maximum Gasteiger partial charge on any atom is 0.206 e. The predicted molar refractivity (Wildman–Crippen MR) is 51.3 cm³/mol. The molecule has 3 heteroatoms. The molecule has 0 atom stereocenters. The van der Waals surface area contributed by atoms with Crippen LogP contribution in [0.4, 0.5) is 5.69 Å². The van der Waals surface area contributed by atoms with Crippen LogP contribution in [0.25, 0.3) is 0 Å². The normalized spacial score (nSPS) is 14.2. The molecule has 1 aromatic rings. The van der Waals surface area contributed by atoms with Crippen molar-refractivity contribution in [3.8, 4) is 0 Å². The predicted octanol–water partition coefficient (Wildman–Crippen LogP) is 1.59. The van der Waals surface area contributed by atoms with E-state index < -0.39 is 0 Å². The summed E-state index contributed by atoms with van der Waals surface area (Å²) in [6.07, 6.45) is 2.46. The molecule has 0 amide bonds. The molecule has 0 radical (unpaired) electrons. The van der Waals surface area contributed by atoms with Gasteiger partial charge in [-0.1, -0.05) is 0 Å². The largest absolute Gasteiger partial charge is 0.618 e.